The van der Waals surface area contributed by atoms with Gasteiger partial charge in [0.1, 0.15) is 11.0 Å². The van der Waals surface area contributed by atoms with Crippen LogP contribution in [-0.2, 0) is 26.9 Å². The molecule has 1 aliphatic heterocycles. The third-order valence-electron chi connectivity index (χ3n) is 5.17. The molecule has 0 amide bonds. The minimum atomic E-state index is -1.28. The number of nitrogens with zero attached hydrogens (tertiary/aromatic N) is 3. The molecule has 8 heteroatoms. The number of ether oxygens (including phenoxy) is 1. The van der Waals surface area contributed by atoms with Crippen molar-refractivity contribution < 1.29 is 13.7 Å². The van der Waals surface area contributed by atoms with Gasteiger partial charge in [-0.3, -0.25) is 4.79 Å². The van der Waals surface area contributed by atoms with Gasteiger partial charge < -0.3 is 4.74 Å². The molecule has 1 atom stereocenters. The van der Waals surface area contributed by atoms with Crippen molar-refractivity contribution in [3.05, 3.63) is 53.3 Å². The van der Waals surface area contributed by atoms with Crippen molar-refractivity contribution in [2.75, 3.05) is 20.2 Å². The summed E-state index contributed by atoms with van der Waals surface area (Å²) in [5, 5.41) is 4.85. The molecule has 0 N–H and O–H groups in total. The molecular weight excluding hydrogens is 410 g/mol. The van der Waals surface area contributed by atoms with Crippen molar-refractivity contribution in [1.82, 2.24) is 13.9 Å². The fraction of sp³-hybridized carbons (Fsp3) is 0.333. The molecule has 1 aliphatic rings. The molecule has 29 heavy (non-hydrogen) atoms. The third-order valence-corrected chi connectivity index (χ3v) is 7.03. The van der Waals surface area contributed by atoms with E-state index < -0.39 is 11.0 Å². The first kappa shape index (κ1) is 20.1. The largest absolute Gasteiger partial charge is 0.469 e. The first-order chi connectivity index (χ1) is 14.1. The zero-order chi connectivity index (χ0) is 20.4. The van der Waals surface area contributed by atoms with E-state index in [1.807, 2.05) is 40.8 Å². The maximum atomic E-state index is 13.3. The van der Waals surface area contributed by atoms with Crippen LogP contribution in [0.1, 0.15) is 24.8 Å². The quantitative estimate of drug-likeness (QED) is 0.575. The van der Waals surface area contributed by atoms with E-state index in [9.17, 15) is 9.00 Å². The van der Waals surface area contributed by atoms with Crippen LogP contribution in [0.4, 0.5) is 0 Å². The lowest BCUT2D eigenvalue weighted by atomic mass is 10.1. The Morgan fingerprint density at radius 2 is 2.03 bits per heavy atom. The fourth-order valence-corrected chi connectivity index (χ4v) is 5.46. The summed E-state index contributed by atoms with van der Waals surface area (Å²) in [6, 6.07) is 9.36. The van der Waals surface area contributed by atoms with Crippen LogP contribution in [0.15, 0.2) is 47.6 Å². The van der Waals surface area contributed by atoms with Gasteiger partial charge in [-0.1, -0.05) is 24.1 Å². The highest BCUT2D eigenvalue weighted by Crippen LogP contribution is 2.35. The Morgan fingerprint density at radius 1 is 1.24 bits per heavy atom. The SMILES string of the molecule is COC(=O)Cc1cnn2ccc(-c3c(Cl)cccc3S(=O)N3CCCCC3)cc12. The van der Waals surface area contributed by atoms with E-state index in [2.05, 4.69) is 5.10 Å². The summed E-state index contributed by atoms with van der Waals surface area (Å²) in [6.07, 6.45) is 6.91. The number of carbonyl (C=O) groups excluding carboxylic acids is 1. The predicted molar refractivity (Wildman–Crippen MR) is 113 cm³/mol. The molecule has 0 bridgehead atoms. The van der Waals surface area contributed by atoms with Gasteiger partial charge in [-0.25, -0.2) is 13.0 Å². The summed E-state index contributed by atoms with van der Waals surface area (Å²) < 4.78 is 21.8. The highest BCUT2D eigenvalue weighted by Gasteiger charge is 2.23. The Balaban J connectivity index is 1.78. The number of esters is 1. The van der Waals surface area contributed by atoms with Crippen molar-refractivity contribution >= 4 is 34.1 Å². The molecule has 3 heterocycles. The number of pyridine rings is 1. The van der Waals surface area contributed by atoms with Crippen molar-refractivity contribution in [1.29, 1.82) is 0 Å². The molecule has 1 saturated heterocycles. The number of hydrogen-bond donors (Lipinski definition) is 0. The molecule has 3 aromatic rings. The number of methoxy groups -OCH3 is 1. The maximum absolute atomic E-state index is 13.3. The smallest absolute Gasteiger partial charge is 0.310 e. The van der Waals surface area contributed by atoms with Gasteiger partial charge in [0.25, 0.3) is 0 Å². The minimum Gasteiger partial charge on any atom is -0.469 e. The van der Waals surface area contributed by atoms with Crippen LogP contribution in [0.5, 0.6) is 0 Å². The monoisotopic (exact) mass is 431 g/mol. The van der Waals surface area contributed by atoms with Crippen LogP contribution in [0, 0.1) is 0 Å². The van der Waals surface area contributed by atoms with E-state index in [0.29, 0.717) is 9.92 Å². The van der Waals surface area contributed by atoms with Crippen molar-refractivity contribution in [2.45, 2.75) is 30.6 Å². The predicted octanol–water partition coefficient (Wildman–Crippen LogP) is 3.88. The fourth-order valence-electron chi connectivity index (χ4n) is 3.65. The van der Waals surface area contributed by atoms with Crippen LogP contribution in [0.25, 0.3) is 16.6 Å². The standard InChI is InChI=1S/C21H22ClN3O3S/c1-28-20(26)13-16-14-23-25-11-8-15(12-18(16)25)21-17(22)6-5-7-19(21)29(27)24-9-3-2-4-10-24/h5-8,11-12,14H,2-4,9-10,13H2,1H3. The van der Waals surface area contributed by atoms with Crippen LogP contribution >= 0.6 is 11.6 Å². The number of aromatic nitrogens is 2. The number of hydrogen-bond acceptors (Lipinski definition) is 4. The van der Waals surface area contributed by atoms with Gasteiger partial charge in [0, 0.05) is 35.4 Å². The van der Waals surface area contributed by atoms with Gasteiger partial charge in [-0.15, -0.1) is 0 Å². The summed E-state index contributed by atoms with van der Waals surface area (Å²) >= 11 is 6.57. The lowest BCUT2D eigenvalue weighted by Crippen LogP contribution is -2.31. The molecule has 4 rings (SSSR count). The Morgan fingerprint density at radius 3 is 2.79 bits per heavy atom. The van der Waals surface area contributed by atoms with E-state index in [0.717, 1.165) is 48.1 Å². The average molecular weight is 432 g/mol. The molecular formula is C21H22ClN3O3S. The van der Waals surface area contributed by atoms with Gasteiger partial charge in [0.2, 0.25) is 0 Å². The van der Waals surface area contributed by atoms with Gasteiger partial charge in [0.15, 0.2) is 0 Å². The van der Waals surface area contributed by atoms with E-state index in [1.165, 1.54) is 13.5 Å². The van der Waals surface area contributed by atoms with Crippen molar-refractivity contribution in [2.24, 2.45) is 0 Å². The molecule has 1 unspecified atom stereocenters. The summed E-state index contributed by atoms with van der Waals surface area (Å²) in [6.45, 7) is 1.65. The Hall–Kier alpha value is -2.22. The molecule has 0 aliphatic carbocycles. The van der Waals surface area contributed by atoms with E-state index in [-0.39, 0.29) is 12.4 Å². The summed E-state index contributed by atoms with van der Waals surface area (Å²) in [4.78, 5) is 12.4. The average Bonchev–Trinajstić information content (AvgIpc) is 3.15. The zero-order valence-electron chi connectivity index (χ0n) is 16.1. The number of rotatable bonds is 5. The van der Waals surface area contributed by atoms with Crippen LogP contribution in [-0.4, -0.2) is 44.3 Å². The minimum absolute atomic E-state index is 0.137. The highest BCUT2D eigenvalue weighted by molar-refractivity contribution is 7.82. The normalized spacial score (nSPS) is 16.1. The zero-order valence-corrected chi connectivity index (χ0v) is 17.7. The van der Waals surface area contributed by atoms with Gasteiger partial charge in [0.05, 0.1) is 30.1 Å². The lowest BCUT2D eigenvalue weighted by molar-refractivity contribution is -0.139. The Labute approximate surface area is 177 Å². The van der Waals surface area contributed by atoms with E-state index in [1.54, 1.807) is 10.7 Å². The molecule has 6 nitrogen and oxygen atoms in total. The number of halogens is 1. The first-order valence-electron chi connectivity index (χ1n) is 9.57. The second-order valence-electron chi connectivity index (χ2n) is 7.02. The second-order valence-corrected chi connectivity index (χ2v) is 8.88. The van der Waals surface area contributed by atoms with E-state index >= 15 is 0 Å². The Kier molecular flexibility index (Phi) is 5.99. The van der Waals surface area contributed by atoms with Crippen LogP contribution in [0.2, 0.25) is 5.02 Å². The topological polar surface area (TPSA) is 63.9 Å². The van der Waals surface area contributed by atoms with Crippen LogP contribution in [0.3, 0.4) is 0 Å². The first-order valence-corrected chi connectivity index (χ1v) is 11.1. The van der Waals surface area contributed by atoms with Crippen LogP contribution < -0.4 is 0 Å². The number of carbonyl (C=O) groups is 1. The summed E-state index contributed by atoms with van der Waals surface area (Å²) in [5.41, 5.74) is 3.16. The summed E-state index contributed by atoms with van der Waals surface area (Å²) in [7, 11) is 0.0866. The Bertz CT molecular complexity index is 1080. The lowest BCUT2D eigenvalue weighted by Gasteiger charge is -2.26. The number of benzene rings is 1. The van der Waals surface area contributed by atoms with Gasteiger partial charge >= 0.3 is 5.97 Å². The molecule has 0 saturated carbocycles. The molecule has 152 valence electrons. The number of fused-ring (bicyclic) bond motifs is 1. The van der Waals surface area contributed by atoms with Gasteiger partial charge in [-0.2, -0.15) is 5.10 Å². The van der Waals surface area contributed by atoms with E-state index in [4.69, 9.17) is 16.3 Å². The molecule has 1 fully saturated rings. The van der Waals surface area contributed by atoms with Gasteiger partial charge in [-0.05, 0) is 42.7 Å². The second kappa shape index (κ2) is 8.65. The molecule has 1 aromatic carbocycles. The molecule has 2 aromatic heterocycles. The summed E-state index contributed by atoms with van der Waals surface area (Å²) in [5.74, 6) is -0.324. The number of piperidine rings is 1. The highest BCUT2D eigenvalue weighted by atomic mass is 35.5. The third kappa shape index (κ3) is 4.08. The van der Waals surface area contributed by atoms with Crippen molar-refractivity contribution in [3.63, 3.8) is 0 Å². The maximum Gasteiger partial charge on any atom is 0.310 e. The molecule has 0 spiro atoms. The molecule has 0 radical (unpaired) electrons. The van der Waals surface area contributed by atoms with Crippen molar-refractivity contribution in [3.8, 4) is 11.1 Å².